The fourth-order valence-electron chi connectivity index (χ4n) is 1.58. The zero-order chi connectivity index (χ0) is 10.7. The Morgan fingerprint density at radius 3 is 3.07 bits per heavy atom. The molecule has 4 N–H and O–H groups in total. The molecule has 1 aromatic heterocycles. The molecule has 1 heterocycles. The van der Waals surface area contributed by atoms with E-state index in [0.717, 1.165) is 6.54 Å². The van der Waals surface area contributed by atoms with Gasteiger partial charge in [0.05, 0.1) is 0 Å². The Kier molecular flexibility index (Phi) is 3.04. The third kappa shape index (κ3) is 2.37. The summed E-state index contributed by atoms with van der Waals surface area (Å²) in [5.41, 5.74) is 8.01. The first-order valence-electron chi connectivity index (χ1n) is 5.29. The van der Waals surface area contributed by atoms with Crippen molar-refractivity contribution in [2.24, 2.45) is 5.73 Å². The van der Waals surface area contributed by atoms with Gasteiger partial charge in [-0.25, -0.2) is 0 Å². The van der Waals surface area contributed by atoms with Crippen molar-refractivity contribution < 1.29 is 0 Å². The summed E-state index contributed by atoms with van der Waals surface area (Å²) in [4.78, 5) is 3.21. The average molecular weight is 203 g/mol. The summed E-state index contributed by atoms with van der Waals surface area (Å²) in [6.45, 7) is 3.63. The highest BCUT2D eigenvalue weighted by Crippen LogP contribution is 2.13. The van der Waals surface area contributed by atoms with E-state index >= 15 is 0 Å². The van der Waals surface area contributed by atoms with Crippen LogP contribution in [0.4, 0.5) is 0 Å². The highest BCUT2D eigenvalue weighted by molar-refractivity contribution is 5.79. The van der Waals surface area contributed by atoms with Crippen LogP contribution in [0.15, 0.2) is 30.5 Å². The number of hydrogen-bond donors (Lipinski definition) is 3. The number of nitrogens with two attached hydrogens (primary N) is 1. The highest BCUT2D eigenvalue weighted by atomic mass is 14.9. The predicted molar refractivity (Wildman–Crippen MR) is 63.7 cm³/mol. The minimum absolute atomic E-state index is 0.365. The number of rotatable bonds is 4. The quantitative estimate of drug-likeness (QED) is 0.707. The van der Waals surface area contributed by atoms with Gasteiger partial charge in [0, 0.05) is 30.8 Å². The van der Waals surface area contributed by atoms with Gasteiger partial charge in [0.25, 0.3) is 0 Å². The van der Waals surface area contributed by atoms with E-state index in [2.05, 4.69) is 41.5 Å². The summed E-state index contributed by atoms with van der Waals surface area (Å²) < 4.78 is 0. The molecule has 1 aromatic carbocycles. The van der Waals surface area contributed by atoms with Crippen LogP contribution >= 0.6 is 0 Å². The number of fused-ring (bicyclic) bond motifs is 1. The maximum atomic E-state index is 5.54. The van der Waals surface area contributed by atoms with Crippen molar-refractivity contribution in [2.45, 2.75) is 19.5 Å². The van der Waals surface area contributed by atoms with Crippen LogP contribution < -0.4 is 11.1 Å². The van der Waals surface area contributed by atoms with Crippen LogP contribution in [0.3, 0.4) is 0 Å². The lowest BCUT2D eigenvalue weighted by Gasteiger charge is -2.10. The van der Waals surface area contributed by atoms with Crippen LogP contribution in [0.1, 0.15) is 12.5 Å². The standard InChI is InChI=1S/C12H17N3/c1-9(7-13)15-8-10-2-3-11-4-5-14-12(11)6-10/h2-6,9,14-15H,7-8,13H2,1H3/t9-/m1/s1. The van der Waals surface area contributed by atoms with Crippen molar-refractivity contribution in [3.8, 4) is 0 Å². The molecule has 0 amide bonds. The number of benzene rings is 1. The van der Waals surface area contributed by atoms with E-state index in [1.54, 1.807) is 0 Å². The van der Waals surface area contributed by atoms with E-state index in [-0.39, 0.29) is 0 Å². The highest BCUT2D eigenvalue weighted by Gasteiger charge is 2.00. The second kappa shape index (κ2) is 4.47. The van der Waals surface area contributed by atoms with Crippen LogP contribution in [0.25, 0.3) is 10.9 Å². The SMILES string of the molecule is C[C@H](CN)NCc1ccc2cc[nH]c2c1. The topological polar surface area (TPSA) is 53.8 Å². The Labute approximate surface area is 89.7 Å². The third-order valence-corrected chi connectivity index (χ3v) is 2.63. The average Bonchev–Trinajstić information content (AvgIpc) is 2.72. The Morgan fingerprint density at radius 2 is 2.27 bits per heavy atom. The molecule has 0 aliphatic heterocycles. The Balaban J connectivity index is 2.08. The van der Waals surface area contributed by atoms with Crippen molar-refractivity contribution in [3.05, 3.63) is 36.0 Å². The van der Waals surface area contributed by atoms with Gasteiger partial charge in [-0.15, -0.1) is 0 Å². The molecule has 0 bridgehead atoms. The van der Waals surface area contributed by atoms with Crippen molar-refractivity contribution in [2.75, 3.05) is 6.54 Å². The van der Waals surface area contributed by atoms with Gasteiger partial charge in [-0.05, 0) is 30.0 Å². The van der Waals surface area contributed by atoms with Crippen LogP contribution in [-0.2, 0) is 6.54 Å². The first-order valence-corrected chi connectivity index (χ1v) is 5.29. The number of H-pyrrole nitrogens is 1. The van der Waals surface area contributed by atoms with E-state index in [1.165, 1.54) is 16.5 Å². The molecular formula is C12H17N3. The first kappa shape index (κ1) is 10.2. The maximum absolute atomic E-state index is 5.54. The van der Waals surface area contributed by atoms with Gasteiger partial charge in [-0.2, -0.15) is 0 Å². The molecule has 80 valence electrons. The molecular weight excluding hydrogens is 186 g/mol. The summed E-state index contributed by atoms with van der Waals surface area (Å²) in [7, 11) is 0. The summed E-state index contributed by atoms with van der Waals surface area (Å²) in [6.07, 6.45) is 1.96. The smallest absolute Gasteiger partial charge is 0.0457 e. The fourth-order valence-corrected chi connectivity index (χ4v) is 1.58. The molecule has 0 aliphatic rings. The van der Waals surface area contributed by atoms with Crippen molar-refractivity contribution >= 4 is 10.9 Å². The number of nitrogens with one attached hydrogen (secondary N) is 2. The number of hydrogen-bond acceptors (Lipinski definition) is 2. The van der Waals surface area contributed by atoms with Gasteiger partial charge in [0.2, 0.25) is 0 Å². The molecule has 2 rings (SSSR count). The molecule has 0 saturated carbocycles. The van der Waals surface area contributed by atoms with Gasteiger partial charge in [-0.1, -0.05) is 12.1 Å². The van der Waals surface area contributed by atoms with Gasteiger partial charge in [-0.3, -0.25) is 0 Å². The molecule has 0 spiro atoms. The molecule has 0 radical (unpaired) electrons. The second-order valence-corrected chi connectivity index (χ2v) is 3.92. The molecule has 15 heavy (non-hydrogen) atoms. The fraction of sp³-hybridized carbons (Fsp3) is 0.333. The monoisotopic (exact) mass is 203 g/mol. The van der Waals surface area contributed by atoms with E-state index in [4.69, 9.17) is 5.73 Å². The summed E-state index contributed by atoms with van der Waals surface area (Å²) in [5.74, 6) is 0. The van der Waals surface area contributed by atoms with Gasteiger partial charge >= 0.3 is 0 Å². The Bertz CT molecular complexity index is 433. The van der Waals surface area contributed by atoms with Crippen LogP contribution in [-0.4, -0.2) is 17.6 Å². The number of aromatic amines is 1. The second-order valence-electron chi connectivity index (χ2n) is 3.92. The molecule has 2 aromatic rings. The van der Waals surface area contributed by atoms with Gasteiger partial charge in [0.15, 0.2) is 0 Å². The first-order chi connectivity index (χ1) is 7.29. The van der Waals surface area contributed by atoms with Crippen LogP contribution in [0.2, 0.25) is 0 Å². The normalized spacial score (nSPS) is 13.2. The van der Waals surface area contributed by atoms with Crippen molar-refractivity contribution in [1.29, 1.82) is 0 Å². The summed E-state index contributed by atoms with van der Waals surface area (Å²) in [6, 6.07) is 8.90. The minimum Gasteiger partial charge on any atom is -0.361 e. The molecule has 0 saturated heterocycles. The number of aromatic nitrogens is 1. The predicted octanol–water partition coefficient (Wildman–Crippen LogP) is 1.60. The zero-order valence-electron chi connectivity index (χ0n) is 8.96. The lowest BCUT2D eigenvalue weighted by Crippen LogP contribution is -2.32. The molecule has 0 fully saturated rings. The van der Waals surface area contributed by atoms with Crippen LogP contribution in [0.5, 0.6) is 0 Å². The van der Waals surface area contributed by atoms with E-state index in [0.29, 0.717) is 12.6 Å². The largest absolute Gasteiger partial charge is 0.361 e. The minimum atomic E-state index is 0.365. The molecule has 3 heteroatoms. The lowest BCUT2D eigenvalue weighted by molar-refractivity contribution is 0.556. The van der Waals surface area contributed by atoms with Gasteiger partial charge in [0.1, 0.15) is 0 Å². The van der Waals surface area contributed by atoms with E-state index < -0.39 is 0 Å². The molecule has 0 aliphatic carbocycles. The zero-order valence-corrected chi connectivity index (χ0v) is 8.96. The summed E-state index contributed by atoms with van der Waals surface area (Å²) >= 11 is 0. The van der Waals surface area contributed by atoms with Crippen LogP contribution in [0, 0.1) is 0 Å². The van der Waals surface area contributed by atoms with Gasteiger partial charge < -0.3 is 16.0 Å². The molecule has 0 unspecified atom stereocenters. The molecule has 3 nitrogen and oxygen atoms in total. The van der Waals surface area contributed by atoms with Crippen molar-refractivity contribution in [1.82, 2.24) is 10.3 Å². The molecule has 1 atom stereocenters. The lowest BCUT2D eigenvalue weighted by atomic mass is 10.1. The van der Waals surface area contributed by atoms with E-state index in [1.807, 2.05) is 6.20 Å². The van der Waals surface area contributed by atoms with E-state index in [9.17, 15) is 0 Å². The Hall–Kier alpha value is -1.32. The Morgan fingerprint density at radius 1 is 1.40 bits per heavy atom. The van der Waals surface area contributed by atoms with Crippen molar-refractivity contribution in [3.63, 3.8) is 0 Å². The summed E-state index contributed by atoms with van der Waals surface area (Å²) in [5, 5.41) is 4.62. The maximum Gasteiger partial charge on any atom is 0.0457 e. The third-order valence-electron chi connectivity index (χ3n) is 2.63.